The molecule has 26 heavy (non-hydrogen) atoms. The molecule has 1 aromatic heterocycles. The van der Waals surface area contributed by atoms with Gasteiger partial charge in [0.15, 0.2) is 0 Å². The fourth-order valence-electron chi connectivity index (χ4n) is 2.66. The van der Waals surface area contributed by atoms with Gasteiger partial charge < -0.3 is 4.57 Å². The van der Waals surface area contributed by atoms with E-state index in [1.165, 1.54) is 0 Å². The highest BCUT2D eigenvalue weighted by atomic mass is 32.2. The van der Waals surface area contributed by atoms with E-state index in [0.717, 1.165) is 22.3 Å². The normalized spacial score (nSPS) is 10.7. The van der Waals surface area contributed by atoms with Gasteiger partial charge in [0.25, 0.3) is 5.91 Å². The number of nitrogens with zero attached hydrogens (tertiary/aromatic N) is 2. The van der Waals surface area contributed by atoms with Gasteiger partial charge in [-0.3, -0.25) is 20.4 Å². The molecule has 0 radical (unpaired) electrons. The molecule has 0 aliphatic rings. The van der Waals surface area contributed by atoms with Crippen molar-refractivity contribution in [1.29, 1.82) is 0 Å². The fourth-order valence-corrected chi connectivity index (χ4v) is 3.18. The Hall–Kier alpha value is -2.80. The van der Waals surface area contributed by atoms with Crippen molar-refractivity contribution in [2.45, 2.75) is 12.2 Å². The number of benzene rings is 2. The van der Waals surface area contributed by atoms with Gasteiger partial charge in [-0.2, -0.15) is 11.8 Å². The molecule has 6 nitrogen and oxygen atoms in total. The molecule has 3 rings (SSSR count). The van der Waals surface area contributed by atoms with E-state index in [-0.39, 0.29) is 18.2 Å². The number of thioether (sulfide) groups is 1. The third kappa shape index (κ3) is 4.05. The van der Waals surface area contributed by atoms with Gasteiger partial charge in [0, 0.05) is 18.4 Å². The van der Waals surface area contributed by atoms with E-state index >= 15 is 0 Å². The van der Waals surface area contributed by atoms with Crippen LogP contribution in [0.2, 0.25) is 0 Å². The van der Waals surface area contributed by atoms with Crippen molar-refractivity contribution in [2.24, 2.45) is 7.05 Å². The summed E-state index contributed by atoms with van der Waals surface area (Å²) in [7, 11) is 1.87. The zero-order chi connectivity index (χ0) is 18.5. The molecule has 0 spiro atoms. The second-order valence-corrected chi connectivity index (χ2v) is 6.75. The molecule has 2 amide bonds. The van der Waals surface area contributed by atoms with Gasteiger partial charge in [-0.05, 0) is 36.1 Å². The van der Waals surface area contributed by atoms with Crippen molar-refractivity contribution < 1.29 is 9.59 Å². The molecule has 0 saturated heterocycles. The predicted octanol–water partition coefficient (Wildman–Crippen LogP) is 2.44. The zero-order valence-electron chi connectivity index (χ0n) is 14.7. The SMILES string of the molecule is CSCc1ccc(C(=O)NNC(=O)Cc2nc3ccccc3n2C)cc1. The molecule has 0 aliphatic heterocycles. The highest BCUT2D eigenvalue weighted by Crippen LogP contribution is 2.14. The number of carbonyl (C=O) groups is 2. The standard InChI is InChI=1S/C19H20N4O2S/c1-23-16-6-4-3-5-15(16)20-17(23)11-18(24)21-22-19(25)14-9-7-13(8-10-14)12-26-2/h3-10H,11-12H2,1-2H3,(H,21,24)(H,22,25). The topological polar surface area (TPSA) is 76.0 Å². The molecule has 7 heteroatoms. The molecule has 2 aromatic carbocycles. The first-order chi connectivity index (χ1) is 12.6. The largest absolute Gasteiger partial charge is 0.331 e. The Morgan fingerprint density at radius 1 is 1.08 bits per heavy atom. The summed E-state index contributed by atoms with van der Waals surface area (Å²) < 4.78 is 1.88. The second kappa shape index (κ2) is 8.05. The third-order valence-corrected chi connectivity index (χ3v) is 4.66. The number of nitrogens with one attached hydrogen (secondary N) is 2. The van der Waals surface area contributed by atoms with E-state index in [0.29, 0.717) is 11.4 Å². The first-order valence-electron chi connectivity index (χ1n) is 8.16. The van der Waals surface area contributed by atoms with Gasteiger partial charge in [-0.1, -0.05) is 24.3 Å². The molecule has 0 atom stereocenters. The van der Waals surface area contributed by atoms with Crippen molar-refractivity contribution in [3.05, 3.63) is 65.5 Å². The molecule has 3 aromatic rings. The minimum absolute atomic E-state index is 0.0815. The van der Waals surface area contributed by atoms with E-state index in [4.69, 9.17) is 0 Å². The van der Waals surface area contributed by atoms with E-state index in [1.54, 1.807) is 23.9 Å². The average Bonchev–Trinajstić information content (AvgIpc) is 2.96. The van der Waals surface area contributed by atoms with Crippen molar-refractivity contribution in [1.82, 2.24) is 20.4 Å². The number of para-hydroxylation sites is 2. The van der Waals surface area contributed by atoms with Crippen LogP contribution in [-0.4, -0.2) is 27.6 Å². The van der Waals surface area contributed by atoms with Crippen LogP contribution >= 0.6 is 11.8 Å². The van der Waals surface area contributed by atoms with Crippen LogP contribution in [0.25, 0.3) is 11.0 Å². The minimum Gasteiger partial charge on any atom is -0.331 e. The van der Waals surface area contributed by atoms with Crippen LogP contribution in [0.3, 0.4) is 0 Å². The Labute approximate surface area is 156 Å². The summed E-state index contributed by atoms with van der Waals surface area (Å²) in [5.41, 5.74) is 8.34. The monoisotopic (exact) mass is 368 g/mol. The summed E-state index contributed by atoms with van der Waals surface area (Å²) in [5.74, 6) is 0.866. The Kier molecular flexibility index (Phi) is 5.58. The van der Waals surface area contributed by atoms with Gasteiger partial charge in [-0.15, -0.1) is 0 Å². The molecule has 0 fully saturated rings. The quantitative estimate of drug-likeness (QED) is 0.678. The number of amides is 2. The van der Waals surface area contributed by atoms with Crippen molar-refractivity contribution in [2.75, 3.05) is 6.26 Å². The van der Waals surface area contributed by atoms with Crippen molar-refractivity contribution in [3.63, 3.8) is 0 Å². The Bertz CT molecular complexity index is 934. The molecular formula is C19H20N4O2S. The molecule has 0 aliphatic carbocycles. The summed E-state index contributed by atoms with van der Waals surface area (Å²) in [6, 6.07) is 15.0. The van der Waals surface area contributed by atoms with Crippen LogP contribution in [0, 0.1) is 0 Å². The summed E-state index contributed by atoms with van der Waals surface area (Å²) >= 11 is 1.72. The Morgan fingerprint density at radius 3 is 2.50 bits per heavy atom. The van der Waals surface area contributed by atoms with E-state index in [1.807, 2.05) is 54.3 Å². The molecule has 1 heterocycles. The van der Waals surface area contributed by atoms with E-state index < -0.39 is 0 Å². The Morgan fingerprint density at radius 2 is 1.81 bits per heavy atom. The summed E-state index contributed by atoms with van der Waals surface area (Å²) in [6.07, 6.45) is 2.11. The number of fused-ring (bicyclic) bond motifs is 1. The maximum absolute atomic E-state index is 12.1. The number of aromatic nitrogens is 2. The van der Waals surface area contributed by atoms with Crippen LogP contribution in [0.4, 0.5) is 0 Å². The average molecular weight is 368 g/mol. The van der Waals surface area contributed by atoms with Gasteiger partial charge >= 0.3 is 0 Å². The summed E-state index contributed by atoms with van der Waals surface area (Å²) in [4.78, 5) is 28.7. The van der Waals surface area contributed by atoms with Crippen LogP contribution in [-0.2, 0) is 24.0 Å². The first kappa shape index (κ1) is 18.0. The number of imidazole rings is 1. The molecule has 0 bridgehead atoms. The lowest BCUT2D eigenvalue weighted by atomic mass is 10.1. The maximum Gasteiger partial charge on any atom is 0.269 e. The first-order valence-corrected chi connectivity index (χ1v) is 9.55. The molecule has 2 N–H and O–H groups in total. The molecule has 0 saturated carbocycles. The maximum atomic E-state index is 12.1. The minimum atomic E-state index is -0.348. The number of aryl methyl sites for hydroxylation is 1. The van der Waals surface area contributed by atoms with Gasteiger partial charge in [-0.25, -0.2) is 4.98 Å². The summed E-state index contributed by atoms with van der Waals surface area (Å²) in [6.45, 7) is 0. The van der Waals surface area contributed by atoms with Gasteiger partial charge in [0.1, 0.15) is 5.82 Å². The number of rotatable bonds is 5. The van der Waals surface area contributed by atoms with Gasteiger partial charge in [0.05, 0.1) is 17.5 Å². The van der Waals surface area contributed by atoms with Crippen molar-refractivity contribution in [3.8, 4) is 0 Å². The number of hydrogen-bond acceptors (Lipinski definition) is 4. The lowest BCUT2D eigenvalue weighted by molar-refractivity contribution is -0.121. The number of hydrazine groups is 1. The van der Waals surface area contributed by atoms with Crippen molar-refractivity contribution >= 4 is 34.6 Å². The van der Waals surface area contributed by atoms with Crippen LogP contribution in [0.5, 0.6) is 0 Å². The van der Waals surface area contributed by atoms with Gasteiger partial charge in [0.2, 0.25) is 5.91 Å². The lowest BCUT2D eigenvalue weighted by Crippen LogP contribution is -2.42. The highest BCUT2D eigenvalue weighted by Gasteiger charge is 2.13. The van der Waals surface area contributed by atoms with Crippen LogP contribution in [0.1, 0.15) is 21.7 Å². The summed E-state index contributed by atoms with van der Waals surface area (Å²) in [5, 5.41) is 0. The van der Waals surface area contributed by atoms with E-state index in [9.17, 15) is 9.59 Å². The third-order valence-electron chi connectivity index (χ3n) is 4.04. The highest BCUT2D eigenvalue weighted by molar-refractivity contribution is 7.97. The molecular weight excluding hydrogens is 348 g/mol. The molecule has 134 valence electrons. The zero-order valence-corrected chi connectivity index (χ0v) is 15.5. The second-order valence-electron chi connectivity index (χ2n) is 5.88. The van der Waals surface area contributed by atoms with Crippen LogP contribution < -0.4 is 10.9 Å². The van der Waals surface area contributed by atoms with Crippen LogP contribution in [0.15, 0.2) is 48.5 Å². The molecule has 0 unspecified atom stereocenters. The van der Waals surface area contributed by atoms with E-state index in [2.05, 4.69) is 15.8 Å². The number of carbonyl (C=O) groups excluding carboxylic acids is 2. The predicted molar refractivity (Wildman–Crippen MR) is 104 cm³/mol. The number of hydrogen-bond donors (Lipinski definition) is 2. The fraction of sp³-hybridized carbons (Fsp3) is 0.211. The lowest BCUT2D eigenvalue weighted by Gasteiger charge is -2.08. The Balaban J connectivity index is 1.57. The smallest absolute Gasteiger partial charge is 0.269 e.